The summed E-state index contributed by atoms with van der Waals surface area (Å²) in [5.41, 5.74) is 2.53. The molecule has 2 N–H and O–H groups in total. The summed E-state index contributed by atoms with van der Waals surface area (Å²) in [4.78, 5) is 5.09. The second kappa shape index (κ2) is 10.8. The molecule has 1 aliphatic carbocycles. The SMILES string of the molecule is CC(Nc1cc(N2CCN(C3CCC(C(C)(C)O)CC3)CC2)ccc1Cl)c1ccc(Cl)cc1Cl. The summed E-state index contributed by atoms with van der Waals surface area (Å²) < 4.78 is 0. The highest BCUT2D eigenvalue weighted by atomic mass is 35.5. The number of aliphatic hydroxyl groups is 1. The van der Waals surface area contributed by atoms with Crippen LogP contribution in [0.3, 0.4) is 0 Å². The Labute approximate surface area is 219 Å². The van der Waals surface area contributed by atoms with Gasteiger partial charge in [0, 0.05) is 48.0 Å². The van der Waals surface area contributed by atoms with Gasteiger partial charge >= 0.3 is 0 Å². The van der Waals surface area contributed by atoms with Crippen molar-refractivity contribution in [3.63, 3.8) is 0 Å². The first-order chi connectivity index (χ1) is 16.1. The van der Waals surface area contributed by atoms with Crippen LogP contribution < -0.4 is 10.2 Å². The molecule has 1 saturated carbocycles. The standard InChI is InChI=1S/C27H36Cl3N3O/c1-18(23-10-6-20(28)16-25(23)30)31-26-17-22(9-11-24(26)29)33-14-12-32(13-15-33)21-7-4-19(5-8-21)27(2,3)34/h6,9-11,16-19,21,31,34H,4-5,7-8,12-15H2,1-3H3. The zero-order valence-electron chi connectivity index (χ0n) is 20.3. The van der Waals surface area contributed by atoms with Gasteiger partial charge in [0.05, 0.1) is 22.4 Å². The number of rotatable bonds is 6. The Morgan fingerprint density at radius 2 is 1.59 bits per heavy atom. The van der Waals surface area contributed by atoms with Crippen LogP contribution >= 0.6 is 34.8 Å². The monoisotopic (exact) mass is 523 g/mol. The van der Waals surface area contributed by atoms with E-state index in [-0.39, 0.29) is 6.04 Å². The Hall–Kier alpha value is -1.17. The third-order valence-corrected chi connectivity index (χ3v) is 8.53. The minimum Gasteiger partial charge on any atom is -0.390 e. The smallest absolute Gasteiger partial charge is 0.0639 e. The summed E-state index contributed by atoms with van der Waals surface area (Å²) in [5, 5.41) is 15.8. The zero-order valence-corrected chi connectivity index (χ0v) is 22.6. The van der Waals surface area contributed by atoms with Crippen LogP contribution in [0, 0.1) is 5.92 Å². The maximum absolute atomic E-state index is 10.3. The Bertz CT molecular complexity index is 978. The summed E-state index contributed by atoms with van der Waals surface area (Å²) in [6, 6.07) is 12.4. The van der Waals surface area contributed by atoms with Gasteiger partial charge in [-0.2, -0.15) is 0 Å². The largest absolute Gasteiger partial charge is 0.390 e. The summed E-state index contributed by atoms with van der Waals surface area (Å²) in [7, 11) is 0. The second-order valence-electron chi connectivity index (χ2n) is 10.4. The van der Waals surface area contributed by atoms with Gasteiger partial charge in [-0.05, 0) is 88.3 Å². The quantitative estimate of drug-likeness (QED) is 0.417. The second-order valence-corrected chi connectivity index (χ2v) is 11.6. The van der Waals surface area contributed by atoms with E-state index in [4.69, 9.17) is 34.8 Å². The van der Waals surface area contributed by atoms with Gasteiger partial charge in [-0.3, -0.25) is 4.90 Å². The van der Waals surface area contributed by atoms with E-state index in [1.165, 1.54) is 18.5 Å². The molecule has 1 unspecified atom stereocenters. The van der Waals surface area contributed by atoms with E-state index in [0.29, 0.717) is 27.0 Å². The first-order valence-corrected chi connectivity index (χ1v) is 13.5. The molecule has 186 valence electrons. The van der Waals surface area contributed by atoms with Crippen LogP contribution in [0.4, 0.5) is 11.4 Å². The lowest BCUT2D eigenvalue weighted by Gasteiger charge is -2.44. The van der Waals surface area contributed by atoms with Gasteiger partial charge in [0.25, 0.3) is 0 Å². The van der Waals surface area contributed by atoms with Crippen LogP contribution in [0.5, 0.6) is 0 Å². The normalized spacial score (nSPS) is 23.1. The van der Waals surface area contributed by atoms with Gasteiger partial charge in [0.1, 0.15) is 0 Å². The third-order valence-electron chi connectivity index (χ3n) is 7.64. The van der Waals surface area contributed by atoms with Crippen molar-refractivity contribution in [3.05, 3.63) is 57.0 Å². The molecule has 4 nitrogen and oxygen atoms in total. The van der Waals surface area contributed by atoms with E-state index >= 15 is 0 Å². The molecule has 2 fully saturated rings. The molecule has 1 atom stereocenters. The Morgan fingerprint density at radius 3 is 2.21 bits per heavy atom. The van der Waals surface area contributed by atoms with Crippen LogP contribution in [-0.2, 0) is 0 Å². The van der Waals surface area contributed by atoms with Crippen LogP contribution in [0.15, 0.2) is 36.4 Å². The number of anilines is 2. The summed E-state index contributed by atoms with van der Waals surface area (Å²) in [6.07, 6.45) is 4.62. The summed E-state index contributed by atoms with van der Waals surface area (Å²) >= 11 is 19.0. The zero-order chi connectivity index (χ0) is 24.5. The Morgan fingerprint density at radius 1 is 0.912 bits per heavy atom. The van der Waals surface area contributed by atoms with E-state index in [0.717, 1.165) is 50.3 Å². The molecule has 2 aromatic rings. The van der Waals surface area contributed by atoms with E-state index in [1.54, 1.807) is 6.07 Å². The maximum atomic E-state index is 10.3. The van der Waals surface area contributed by atoms with Gasteiger partial charge in [0.15, 0.2) is 0 Å². The molecule has 0 aromatic heterocycles. The first kappa shape index (κ1) is 25.9. The highest BCUT2D eigenvalue weighted by Crippen LogP contribution is 2.36. The van der Waals surface area contributed by atoms with E-state index in [2.05, 4.69) is 34.2 Å². The number of nitrogens with one attached hydrogen (secondary N) is 1. The molecule has 7 heteroatoms. The third kappa shape index (κ3) is 6.14. The predicted octanol–water partition coefficient (Wildman–Crippen LogP) is 7.27. The van der Waals surface area contributed by atoms with Crippen molar-refractivity contribution in [1.82, 2.24) is 4.90 Å². The molecule has 0 radical (unpaired) electrons. The fourth-order valence-electron chi connectivity index (χ4n) is 5.48. The van der Waals surface area contributed by atoms with Crippen molar-refractivity contribution in [2.45, 2.75) is 64.1 Å². The minimum atomic E-state index is -0.555. The van der Waals surface area contributed by atoms with Crippen molar-refractivity contribution < 1.29 is 5.11 Å². The molecule has 1 aliphatic heterocycles. The fourth-order valence-corrected chi connectivity index (χ4v) is 6.22. The number of hydrogen-bond donors (Lipinski definition) is 2. The maximum Gasteiger partial charge on any atom is 0.0639 e. The molecule has 2 aromatic carbocycles. The van der Waals surface area contributed by atoms with Gasteiger partial charge in [-0.1, -0.05) is 40.9 Å². The molecule has 34 heavy (non-hydrogen) atoms. The fraction of sp³-hybridized carbons (Fsp3) is 0.556. The predicted molar refractivity (Wildman–Crippen MR) is 146 cm³/mol. The minimum absolute atomic E-state index is 0.00612. The average molecular weight is 525 g/mol. The number of nitrogens with zero attached hydrogens (tertiary/aromatic N) is 2. The van der Waals surface area contributed by atoms with Gasteiger partial charge in [0.2, 0.25) is 0 Å². The first-order valence-electron chi connectivity index (χ1n) is 12.3. The molecule has 1 heterocycles. The van der Waals surface area contributed by atoms with Crippen molar-refractivity contribution in [2.24, 2.45) is 5.92 Å². The van der Waals surface area contributed by atoms with Crippen LogP contribution in [0.2, 0.25) is 15.1 Å². The van der Waals surface area contributed by atoms with E-state index < -0.39 is 5.60 Å². The van der Waals surface area contributed by atoms with Crippen molar-refractivity contribution in [2.75, 3.05) is 36.4 Å². The molecular weight excluding hydrogens is 489 g/mol. The van der Waals surface area contributed by atoms with Gasteiger partial charge in [-0.25, -0.2) is 0 Å². The van der Waals surface area contributed by atoms with Crippen LogP contribution in [0.1, 0.15) is 58.1 Å². The van der Waals surface area contributed by atoms with E-state index in [9.17, 15) is 5.11 Å². The van der Waals surface area contributed by atoms with Crippen LogP contribution in [-0.4, -0.2) is 47.8 Å². The molecule has 4 rings (SSSR count). The summed E-state index contributed by atoms with van der Waals surface area (Å²) in [5.74, 6) is 0.426. The number of halogens is 3. The molecular formula is C27H36Cl3N3O. The van der Waals surface area contributed by atoms with Crippen molar-refractivity contribution in [3.8, 4) is 0 Å². The Kier molecular flexibility index (Phi) is 8.26. The van der Waals surface area contributed by atoms with Gasteiger partial charge < -0.3 is 15.3 Å². The molecule has 2 aliphatic rings. The number of benzene rings is 2. The molecule has 0 amide bonds. The molecule has 0 spiro atoms. The van der Waals surface area contributed by atoms with Gasteiger partial charge in [-0.15, -0.1) is 0 Å². The molecule has 1 saturated heterocycles. The average Bonchev–Trinajstić information content (AvgIpc) is 2.80. The number of piperazine rings is 1. The summed E-state index contributed by atoms with van der Waals surface area (Å²) in [6.45, 7) is 10.1. The van der Waals surface area contributed by atoms with Crippen molar-refractivity contribution in [1.29, 1.82) is 0 Å². The Balaban J connectivity index is 1.35. The topological polar surface area (TPSA) is 38.7 Å². The molecule has 0 bridgehead atoms. The lowest BCUT2D eigenvalue weighted by molar-refractivity contribution is -0.0127. The highest BCUT2D eigenvalue weighted by molar-refractivity contribution is 6.35. The highest BCUT2D eigenvalue weighted by Gasteiger charge is 2.34. The lowest BCUT2D eigenvalue weighted by atomic mass is 9.77. The van der Waals surface area contributed by atoms with Crippen molar-refractivity contribution >= 4 is 46.2 Å². The number of hydrogen-bond acceptors (Lipinski definition) is 4. The van der Waals surface area contributed by atoms with E-state index in [1.807, 2.05) is 32.0 Å². The van der Waals surface area contributed by atoms with Crippen LogP contribution in [0.25, 0.3) is 0 Å². The lowest BCUT2D eigenvalue weighted by Crippen LogP contribution is -2.51.